The normalized spacial score (nSPS) is 12.7. The van der Waals surface area contributed by atoms with Crippen LogP contribution in [0.25, 0.3) is 0 Å². The van der Waals surface area contributed by atoms with Crippen molar-refractivity contribution in [3.63, 3.8) is 0 Å². The topological polar surface area (TPSA) is 41.9 Å². The van der Waals surface area contributed by atoms with Gasteiger partial charge in [0.15, 0.2) is 0 Å². The van der Waals surface area contributed by atoms with Crippen molar-refractivity contribution in [1.82, 2.24) is 5.32 Å². The molecule has 0 saturated heterocycles. The average molecular weight is 448 g/mol. The number of nitrogens with one attached hydrogen (secondary N) is 1. The first-order chi connectivity index (χ1) is 10.8. The van der Waals surface area contributed by atoms with Crippen LogP contribution in [0.5, 0.6) is 5.75 Å². The second-order valence-corrected chi connectivity index (χ2v) is 11.5. The molecule has 1 aromatic rings. The van der Waals surface area contributed by atoms with Gasteiger partial charge in [-0.25, -0.2) is 0 Å². The van der Waals surface area contributed by atoms with Gasteiger partial charge in [-0.2, -0.15) is 0 Å². The predicted molar refractivity (Wildman–Crippen MR) is 96.3 cm³/mol. The molecule has 0 aliphatic carbocycles. The molecule has 0 saturated carbocycles. The molecule has 0 aliphatic rings. The van der Waals surface area contributed by atoms with Gasteiger partial charge in [0.2, 0.25) is 0 Å². The van der Waals surface area contributed by atoms with Crippen LogP contribution in [-0.4, -0.2) is 27.4 Å². The molecule has 1 atom stereocenters. The van der Waals surface area contributed by atoms with Crippen LogP contribution in [0.2, 0.25) is 0 Å². The molecular formula is C17H26Cl2NO2Ru+. The molecule has 0 heterocycles. The van der Waals surface area contributed by atoms with Crippen LogP contribution in [0.4, 0.5) is 0 Å². The van der Waals surface area contributed by atoms with Crippen LogP contribution in [0.1, 0.15) is 51.7 Å². The second-order valence-electron chi connectivity index (χ2n) is 5.80. The summed E-state index contributed by atoms with van der Waals surface area (Å²) < 4.78 is 6.51. The molecule has 0 fully saturated rings. The third-order valence-electron chi connectivity index (χ3n) is 3.34. The fourth-order valence-electron chi connectivity index (χ4n) is 2.03. The van der Waals surface area contributed by atoms with Crippen molar-refractivity contribution < 1.29 is 23.0 Å². The molecule has 0 radical (unpaired) electrons. The van der Waals surface area contributed by atoms with Gasteiger partial charge in [-0.1, -0.05) is 0 Å². The number of carbonyl (C=O) groups is 1. The number of aromatic hydroxyl groups is 1. The molecule has 0 bridgehead atoms. The van der Waals surface area contributed by atoms with Crippen LogP contribution in [0.15, 0.2) is 18.2 Å². The Morgan fingerprint density at radius 2 is 2.04 bits per heavy atom. The van der Waals surface area contributed by atoms with Crippen molar-refractivity contribution in [3.05, 3.63) is 29.3 Å². The zero-order chi connectivity index (χ0) is 17.4. The molecular weight excluding hydrogens is 422 g/mol. The Morgan fingerprint density at radius 3 is 2.61 bits per heavy atom. The minimum atomic E-state index is -1.92. The van der Waals surface area contributed by atoms with E-state index in [1.165, 1.54) is 0 Å². The quantitative estimate of drug-likeness (QED) is 0.469. The summed E-state index contributed by atoms with van der Waals surface area (Å²) in [6, 6.07) is 6.27. The summed E-state index contributed by atoms with van der Waals surface area (Å²) in [6.45, 7) is 8.14. The van der Waals surface area contributed by atoms with Gasteiger partial charge in [-0.05, 0) is 0 Å². The number of amides is 1. The summed E-state index contributed by atoms with van der Waals surface area (Å²) in [4.78, 5) is 11.9. The Labute approximate surface area is 152 Å². The van der Waals surface area contributed by atoms with E-state index in [-0.39, 0.29) is 18.1 Å². The van der Waals surface area contributed by atoms with Crippen molar-refractivity contribution in [1.29, 1.82) is 0 Å². The van der Waals surface area contributed by atoms with Crippen molar-refractivity contribution in [2.45, 2.75) is 59.1 Å². The fourth-order valence-corrected chi connectivity index (χ4v) is 3.82. The van der Waals surface area contributed by atoms with E-state index in [1.807, 2.05) is 43.6 Å². The van der Waals surface area contributed by atoms with E-state index >= 15 is 0 Å². The summed E-state index contributed by atoms with van der Waals surface area (Å²) in [7, 11) is 12.0. The first-order valence-electron chi connectivity index (χ1n) is 7.78. The van der Waals surface area contributed by atoms with Crippen molar-refractivity contribution >= 4 is 29.9 Å². The summed E-state index contributed by atoms with van der Waals surface area (Å²) >= 11 is -1.92. The molecule has 1 rings (SSSR count). The van der Waals surface area contributed by atoms with Gasteiger partial charge in [0.05, 0.1) is 0 Å². The van der Waals surface area contributed by atoms with E-state index < -0.39 is 13.5 Å². The SMILES string of the molecule is CCC(C)NC(=O)CCc1ccc([OH+]C(C)C)c([CH]=[Ru]([Cl])[Cl])c1. The molecule has 3 nitrogen and oxygen atoms in total. The van der Waals surface area contributed by atoms with Crippen molar-refractivity contribution in [3.8, 4) is 5.75 Å². The number of halogens is 2. The van der Waals surface area contributed by atoms with E-state index in [4.69, 9.17) is 19.4 Å². The Bertz CT molecular complexity index is 558. The standard InChI is InChI=1S/C17H25NO2.2ClH.Ru/c1-6-14(5)18-17(19)10-8-15-7-9-16(13(4)11-15)20-12(2)3;;;/h4,7,9,11-12,14H,6,8,10H2,1-3,5H3,(H,18,19);2*1H;/q;;;+2/p-1. The Hall–Kier alpha value is -0.437. The molecule has 2 N–H and O–H groups in total. The number of aliphatic hydroxyl groups is 1. The molecule has 0 spiro atoms. The zero-order valence-corrected chi connectivity index (χ0v) is 17.3. The third kappa shape index (κ3) is 8.28. The molecule has 1 aromatic carbocycles. The van der Waals surface area contributed by atoms with E-state index in [1.54, 1.807) is 0 Å². The van der Waals surface area contributed by atoms with Gasteiger partial charge < -0.3 is 0 Å². The van der Waals surface area contributed by atoms with Crippen LogP contribution in [-0.2, 0) is 24.7 Å². The van der Waals surface area contributed by atoms with Gasteiger partial charge in [-0.3, -0.25) is 0 Å². The van der Waals surface area contributed by atoms with E-state index in [0.29, 0.717) is 12.8 Å². The van der Waals surface area contributed by atoms with Crippen LogP contribution < -0.4 is 5.32 Å². The number of hydrogen-bond acceptors (Lipinski definition) is 1. The number of ether oxygens (including phenoxy) is 1. The predicted octanol–water partition coefficient (Wildman–Crippen LogP) is 4.26. The maximum absolute atomic E-state index is 11.9. The summed E-state index contributed by atoms with van der Waals surface area (Å²) in [5.74, 6) is 0.996. The fraction of sp³-hybridized carbons (Fsp3) is 0.529. The van der Waals surface area contributed by atoms with Crippen LogP contribution >= 0.6 is 19.4 Å². The summed E-state index contributed by atoms with van der Waals surface area (Å²) in [5, 5.41) is 2.98. The Balaban J connectivity index is 2.80. The zero-order valence-electron chi connectivity index (χ0n) is 14.1. The summed E-state index contributed by atoms with van der Waals surface area (Å²) in [5.41, 5.74) is 2.07. The Morgan fingerprint density at radius 1 is 1.35 bits per heavy atom. The van der Waals surface area contributed by atoms with Crippen molar-refractivity contribution in [2.75, 3.05) is 0 Å². The average Bonchev–Trinajstić information content (AvgIpc) is 2.46. The number of carbonyl (C=O) groups excluding carboxylic acids is 1. The number of rotatable bonds is 8. The van der Waals surface area contributed by atoms with Crippen molar-refractivity contribution in [2.24, 2.45) is 0 Å². The first-order valence-corrected chi connectivity index (χ1v) is 13.3. The van der Waals surface area contributed by atoms with E-state index in [0.717, 1.165) is 23.3 Å². The summed E-state index contributed by atoms with van der Waals surface area (Å²) in [6.07, 6.45) is 2.32. The second kappa shape index (κ2) is 10.4. The first kappa shape index (κ1) is 20.6. The molecule has 6 heteroatoms. The number of benzene rings is 1. The molecule has 23 heavy (non-hydrogen) atoms. The van der Waals surface area contributed by atoms with Crippen LogP contribution in [0.3, 0.4) is 0 Å². The molecule has 1 amide bonds. The van der Waals surface area contributed by atoms with Gasteiger partial charge in [-0.15, -0.1) is 0 Å². The number of aryl methyl sites for hydroxylation is 1. The van der Waals surface area contributed by atoms with Gasteiger partial charge in [0.1, 0.15) is 0 Å². The van der Waals surface area contributed by atoms with E-state index in [9.17, 15) is 4.79 Å². The monoisotopic (exact) mass is 448 g/mol. The van der Waals surface area contributed by atoms with Gasteiger partial charge >= 0.3 is 152 Å². The number of hydrogen-bond donors (Lipinski definition) is 1. The maximum atomic E-state index is 11.9. The van der Waals surface area contributed by atoms with Gasteiger partial charge in [0.25, 0.3) is 0 Å². The van der Waals surface area contributed by atoms with E-state index in [2.05, 4.69) is 17.0 Å². The third-order valence-corrected chi connectivity index (χ3v) is 5.17. The Kier molecular flexibility index (Phi) is 9.35. The molecule has 0 aliphatic heterocycles. The molecule has 0 aromatic heterocycles. The van der Waals surface area contributed by atoms with Gasteiger partial charge in [0, 0.05) is 0 Å². The molecule has 132 valence electrons. The minimum absolute atomic E-state index is 0.0862. The van der Waals surface area contributed by atoms with Crippen LogP contribution in [0, 0.1) is 0 Å². The molecule has 1 unspecified atom stereocenters.